The average Bonchev–Trinajstić information content (AvgIpc) is 3.15. The highest BCUT2D eigenvalue weighted by atomic mass is 32.5. The Balaban J connectivity index is 2.89. The highest BCUT2D eigenvalue weighted by Gasteiger charge is 2.33. The summed E-state index contributed by atoms with van der Waals surface area (Å²) in [7, 11) is 4.66. The lowest BCUT2D eigenvalue weighted by Crippen LogP contribution is -2.51. The van der Waals surface area contributed by atoms with Gasteiger partial charge in [-0.05, 0) is 45.0 Å². The Morgan fingerprint density at radius 2 is 1.07 bits per heavy atom. The summed E-state index contributed by atoms with van der Waals surface area (Å²) in [6.07, 6.45) is 1.20. The van der Waals surface area contributed by atoms with E-state index in [1.54, 1.807) is 42.1 Å². The normalized spacial score (nSPS) is 17.9. The fourth-order valence-corrected chi connectivity index (χ4v) is 6.54. The van der Waals surface area contributed by atoms with E-state index in [0.717, 1.165) is 0 Å². The molecule has 0 aliphatic heterocycles. The number of hydrogen-bond acceptors (Lipinski definition) is 14. The van der Waals surface area contributed by atoms with E-state index < -0.39 is 47.4 Å². The van der Waals surface area contributed by atoms with E-state index in [1.165, 1.54) is 0 Å². The topological polar surface area (TPSA) is 233 Å². The van der Waals surface area contributed by atoms with Crippen LogP contribution in [0.1, 0.15) is 72.1 Å². The number of rotatable bonds is 31. The van der Waals surface area contributed by atoms with E-state index in [9.17, 15) is 28.9 Å². The predicted octanol–water partition coefficient (Wildman–Crippen LogP) is -0.102. The highest BCUT2D eigenvalue weighted by Crippen LogP contribution is 2.53. The zero-order chi connectivity index (χ0) is 41.8. The Kier molecular flexibility index (Phi) is 27.5. The van der Waals surface area contributed by atoms with Crippen LogP contribution in [0.25, 0.3) is 0 Å². The number of ether oxygens (including phenoxy) is 6. The molecule has 3 atom stereocenters. The minimum absolute atomic E-state index is 0.00522. The van der Waals surface area contributed by atoms with Gasteiger partial charge in [0.1, 0.15) is 12.1 Å². The maximum absolute atomic E-state index is 13.4. The largest absolute Gasteiger partial charge is 0.800 e. The molecule has 0 radical (unpaired) electrons. The average molecular weight is 841 g/mol. The molecule has 0 aromatic rings. The van der Waals surface area contributed by atoms with E-state index in [2.05, 4.69) is 26.6 Å². The zero-order valence-corrected chi connectivity index (χ0v) is 35.8. The Morgan fingerprint density at radius 1 is 0.643 bits per heavy atom. The summed E-state index contributed by atoms with van der Waals surface area (Å²) < 4.78 is 36.8. The summed E-state index contributed by atoms with van der Waals surface area (Å²) in [5.41, 5.74) is 0. The van der Waals surface area contributed by atoms with Crippen molar-refractivity contribution in [2.75, 3.05) is 100 Å². The van der Waals surface area contributed by atoms with E-state index in [1.807, 2.05) is 0 Å². The molecule has 18 nitrogen and oxygen atoms in total. The van der Waals surface area contributed by atoms with Gasteiger partial charge in [-0.15, -0.1) is 0 Å². The molecule has 56 heavy (non-hydrogen) atoms. The Morgan fingerprint density at radius 3 is 1.52 bits per heavy atom. The smallest absolute Gasteiger partial charge is 0.242 e. The molecule has 326 valence electrons. The summed E-state index contributed by atoms with van der Waals surface area (Å²) >= 11 is 5.28. The molecule has 1 aliphatic carbocycles. The van der Waals surface area contributed by atoms with Crippen LogP contribution < -0.4 is 31.5 Å². The van der Waals surface area contributed by atoms with Crippen LogP contribution in [0.3, 0.4) is 0 Å². The van der Waals surface area contributed by atoms with E-state index in [-0.39, 0.29) is 83.1 Å². The van der Waals surface area contributed by atoms with Crippen molar-refractivity contribution in [3.63, 3.8) is 0 Å². The van der Waals surface area contributed by atoms with Gasteiger partial charge in [-0.2, -0.15) is 0 Å². The molecule has 5 N–H and O–H groups in total. The van der Waals surface area contributed by atoms with Crippen LogP contribution in [0.4, 0.5) is 0 Å². The summed E-state index contributed by atoms with van der Waals surface area (Å²) in [6.45, 7) is 5.65. The fourth-order valence-electron chi connectivity index (χ4n) is 5.25. The van der Waals surface area contributed by atoms with Gasteiger partial charge in [0.25, 0.3) is 0 Å². The molecule has 1 saturated carbocycles. The Labute approximate surface area is 337 Å². The van der Waals surface area contributed by atoms with Gasteiger partial charge < -0.3 is 64.4 Å². The third kappa shape index (κ3) is 23.2. The molecule has 5 amide bonds. The lowest BCUT2D eigenvalue weighted by Gasteiger charge is -2.44. The first-order chi connectivity index (χ1) is 26.6. The SMILES string of the molecule is COCCOCCNC(=O)CCC(NC(=O)CCC(NC(=O)C1CCC(OP([O-])(=S)C(C)(C)C)CC1)C(=O)NCCOCCOC)C(=O)NCCOCCOC. The van der Waals surface area contributed by atoms with Crippen LogP contribution in [0.2, 0.25) is 0 Å². The van der Waals surface area contributed by atoms with Gasteiger partial charge in [-0.1, -0.05) is 32.6 Å². The van der Waals surface area contributed by atoms with E-state index in [4.69, 9.17) is 44.8 Å². The minimum Gasteiger partial charge on any atom is -0.800 e. The molecule has 0 aromatic heterocycles. The molecule has 1 rings (SSSR count). The Bertz CT molecular complexity index is 1200. The van der Waals surface area contributed by atoms with E-state index in [0.29, 0.717) is 65.3 Å². The number of amides is 5. The lowest BCUT2D eigenvalue weighted by atomic mass is 9.86. The fraction of sp³-hybridized carbons (Fsp3) is 0.861. The number of hydrogen-bond donors (Lipinski definition) is 5. The first-order valence-electron chi connectivity index (χ1n) is 19.3. The van der Waals surface area contributed by atoms with Gasteiger partial charge in [0.15, 0.2) is 0 Å². The maximum Gasteiger partial charge on any atom is 0.242 e. The molecule has 1 fully saturated rings. The lowest BCUT2D eigenvalue weighted by molar-refractivity contribution is -0.192. The standard InChI is InChI=1S/C36H68N5O13PS/c1-36(2,3)55(47,56)54-28-9-7-27(8-10-28)33(44)41-30(35(46)39-17-20-53-26-23-50-6)12-14-32(43)40-29(34(45)38-16-19-52-25-22-49-5)11-13-31(42)37-15-18-51-24-21-48-4/h27-30H,7-26H2,1-6H3,(H,37,42)(H,38,45)(H,39,46)(H,40,43)(H,41,44)(H,47,56)/p-1. The first-order valence-corrected chi connectivity index (χ1v) is 21.9. The van der Waals surface area contributed by atoms with Crippen molar-refractivity contribution in [2.24, 2.45) is 5.92 Å². The van der Waals surface area contributed by atoms with Gasteiger partial charge in [-0.3, -0.25) is 24.0 Å². The minimum atomic E-state index is -3.30. The highest BCUT2D eigenvalue weighted by molar-refractivity contribution is 8.09. The Hall–Kier alpha value is -2.32. The van der Waals surface area contributed by atoms with Crippen molar-refractivity contribution < 1.29 is 61.8 Å². The molecule has 0 heterocycles. The molecule has 0 spiro atoms. The summed E-state index contributed by atoms with van der Waals surface area (Å²) in [5, 5.41) is 13.0. The van der Waals surface area contributed by atoms with Crippen LogP contribution in [0.15, 0.2) is 0 Å². The van der Waals surface area contributed by atoms with Crippen LogP contribution in [-0.2, 0) is 68.7 Å². The second-order valence-corrected chi connectivity index (χ2v) is 18.2. The van der Waals surface area contributed by atoms with Crippen molar-refractivity contribution in [2.45, 2.75) is 95.5 Å². The summed E-state index contributed by atoms with van der Waals surface area (Å²) in [5.74, 6) is -2.65. The predicted molar refractivity (Wildman–Crippen MR) is 210 cm³/mol. The van der Waals surface area contributed by atoms with Gasteiger partial charge in [0.2, 0.25) is 29.5 Å². The third-order valence-corrected chi connectivity index (χ3v) is 12.8. The molecule has 0 saturated heterocycles. The van der Waals surface area contributed by atoms with Crippen molar-refractivity contribution in [1.82, 2.24) is 26.6 Å². The van der Waals surface area contributed by atoms with Crippen LogP contribution in [0.5, 0.6) is 0 Å². The zero-order valence-electron chi connectivity index (χ0n) is 34.1. The van der Waals surface area contributed by atoms with Crippen molar-refractivity contribution in [1.29, 1.82) is 0 Å². The van der Waals surface area contributed by atoms with Crippen molar-refractivity contribution in [3.8, 4) is 0 Å². The number of nitrogens with one attached hydrogen (secondary N) is 5. The van der Waals surface area contributed by atoms with Crippen molar-refractivity contribution >= 4 is 47.8 Å². The second kappa shape index (κ2) is 29.8. The molecule has 3 unspecified atom stereocenters. The molecule has 20 heteroatoms. The molecular weight excluding hydrogens is 773 g/mol. The van der Waals surface area contributed by atoms with Crippen LogP contribution in [0, 0.1) is 5.92 Å². The molecule has 0 bridgehead atoms. The van der Waals surface area contributed by atoms with Gasteiger partial charge in [-0.25, -0.2) is 0 Å². The molecule has 1 aliphatic rings. The summed E-state index contributed by atoms with van der Waals surface area (Å²) in [6, 6.07) is -2.12. The molecule has 0 aromatic carbocycles. The van der Waals surface area contributed by atoms with E-state index >= 15 is 0 Å². The number of methoxy groups -OCH3 is 3. The van der Waals surface area contributed by atoms with Gasteiger partial charge >= 0.3 is 0 Å². The second-order valence-electron chi connectivity index (χ2n) is 14.3. The number of carbonyl (C=O) groups is 5. The van der Waals surface area contributed by atoms with Crippen LogP contribution >= 0.6 is 6.49 Å². The maximum atomic E-state index is 13.4. The quantitative estimate of drug-likeness (QED) is 0.0454. The monoisotopic (exact) mass is 840 g/mol. The summed E-state index contributed by atoms with van der Waals surface area (Å²) in [4.78, 5) is 78.6. The third-order valence-electron chi connectivity index (χ3n) is 8.71. The first kappa shape index (κ1) is 51.7. The number of carbonyl (C=O) groups excluding carboxylic acids is 5. The molecular formula is C36H67N5O13PS-. The van der Waals surface area contributed by atoms with Crippen LogP contribution in [-0.4, -0.2) is 153 Å². The van der Waals surface area contributed by atoms with Crippen molar-refractivity contribution in [3.05, 3.63) is 0 Å². The van der Waals surface area contributed by atoms with Gasteiger partial charge in [0.05, 0.1) is 65.6 Å². The van der Waals surface area contributed by atoms with Gasteiger partial charge in [0, 0.05) is 64.9 Å².